The van der Waals surface area contributed by atoms with Gasteiger partial charge in [0.05, 0.1) is 0 Å². The lowest BCUT2D eigenvalue weighted by Gasteiger charge is -2.29. The molecule has 0 spiro atoms. The van der Waals surface area contributed by atoms with E-state index in [1.165, 1.54) is 44.5 Å². The molecule has 7 aromatic carbocycles. The molecule has 0 fully saturated rings. The Bertz CT molecular complexity index is 2960. The van der Waals surface area contributed by atoms with Crippen LogP contribution in [0.4, 0.5) is 17.1 Å². The third-order valence-corrected chi connectivity index (χ3v) is 11.9. The number of furan rings is 1. The van der Waals surface area contributed by atoms with Gasteiger partial charge < -0.3 is 13.7 Å². The maximum absolute atomic E-state index is 6.87. The van der Waals surface area contributed by atoms with Crippen LogP contribution in [0.1, 0.15) is 49.9 Å². The van der Waals surface area contributed by atoms with Crippen molar-refractivity contribution >= 4 is 50.1 Å². The highest BCUT2D eigenvalue weighted by molar-refractivity contribution is 6.18. The van der Waals surface area contributed by atoms with Gasteiger partial charge in [-0.15, -0.1) is 0 Å². The number of hydrogen-bond donors (Lipinski definition) is 0. The lowest BCUT2D eigenvalue weighted by Crippen LogP contribution is -2.17. The highest BCUT2D eigenvalue weighted by Crippen LogP contribution is 2.55. The SMILES string of the molecule is CC1(C)c2ccccc2-c2cc(N(c3ccc4c(c3)C(C)(C)c3ccccc3-4)c3c4nc(-c5ccccc5)oc4cc4c3oc3ccccc34)ccc21. The number of aromatic nitrogens is 1. The molecule has 53 heavy (non-hydrogen) atoms. The van der Waals surface area contributed by atoms with Crippen molar-refractivity contribution in [1.29, 1.82) is 0 Å². The number of benzene rings is 7. The molecular formula is C49H36N2O2. The Kier molecular flexibility index (Phi) is 6.04. The molecule has 0 radical (unpaired) electrons. The Hall–Kier alpha value is -6.39. The van der Waals surface area contributed by atoms with Crippen LogP contribution in [0.3, 0.4) is 0 Å². The molecule has 0 unspecified atom stereocenters. The van der Waals surface area contributed by atoms with Gasteiger partial charge in [0, 0.05) is 38.5 Å². The Labute approximate surface area is 308 Å². The Morgan fingerprint density at radius 3 is 1.87 bits per heavy atom. The van der Waals surface area contributed by atoms with E-state index >= 15 is 0 Å². The molecule has 2 heterocycles. The first-order valence-corrected chi connectivity index (χ1v) is 18.4. The Morgan fingerprint density at radius 2 is 1.08 bits per heavy atom. The summed E-state index contributed by atoms with van der Waals surface area (Å²) in [5.74, 6) is 0.578. The number of fused-ring (bicyclic) bond motifs is 10. The molecule has 4 nitrogen and oxygen atoms in total. The van der Waals surface area contributed by atoms with E-state index in [0.717, 1.165) is 50.1 Å². The van der Waals surface area contributed by atoms with Crippen LogP contribution in [0.5, 0.6) is 0 Å². The standard InChI is InChI=1S/C49H36N2O2/c1-48(2)39-20-12-9-17-33(39)36-26-30(23-25-40(36)48)51(31-22-24-34-32-16-8-11-19-38(32)49(3,4)41(34)27-31)45-44-43(53-47(50-44)29-14-6-5-7-15-29)28-37-35-18-10-13-21-42(35)52-46(37)45/h5-28H,1-4H3. The number of hydrogen-bond acceptors (Lipinski definition) is 4. The maximum atomic E-state index is 6.87. The number of nitrogens with zero attached hydrogens (tertiary/aromatic N) is 2. The fourth-order valence-corrected chi connectivity index (χ4v) is 9.22. The van der Waals surface area contributed by atoms with Gasteiger partial charge in [-0.05, 0) is 93.0 Å². The summed E-state index contributed by atoms with van der Waals surface area (Å²) in [5, 5.41) is 2.03. The molecule has 254 valence electrons. The average Bonchev–Trinajstić information content (AvgIpc) is 3.90. The molecule has 0 atom stereocenters. The zero-order chi connectivity index (χ0) is 35.6. The van der Waals surface area contributed by atoms with Crippen LogP contribution >= 0.6 is 0 Å². The van der Waals surface area contributed by atoms with Crippen molar-refractivity contribution in [3.05, 3.63) is 168 Å². The van der Waals surface area contributed by atoms with Crippen LogP contribution in [0.25, 0.3) is 66.7 Å². The summed E-state index contributed by atoms with van der Waals surface area (Å²) >= 11 is 0. The van der Waals surface area contributed by atoms with E-state index < -0.39 is 0 Å². The van der Waals surface area contributed by atoms with Crippen molar-refractivity contribution in [2.45, 2.75) is 38.5 Å². The van der Waals surface area contributed by atoms with Gasteiger partial charge >= 0.3 is 0 Å². The highest BCUT2D eigenvalue weighted by Gasteiger charge is 2.38. The number of para-hydroxylation sites is 1. The number of oxazole rings is 1. The van der Waals surface area contributed by atoms with Crippen LogP contribution in [0.2, 0.25) is 0 Å². The zero-order valence-electron chi connectivity index (χ0n) is 30.1. The molecule has 2 aliphatic rings. The zero-order valence-corrected chi connectivity index (χ0v) is 30.1. The van der Waals surface area contributed by atoms with Gasteiger partial charge in [0.1, 0.15) is 16.8 Å². The Balaban J connectivity index is 1.24. The van der Waals surface area contributed by atoms with Crippen molar-refractivity contribution in [2.75, 3.05) is 4.90 Å². The number of rotatable bonds is 4. The molecule has 0 aliphatic heterocycles. The van der Waals surface area contributed by atoms with Crippen LogP contribution in [0.15, 0.2) is 154 Å². The van der Waals surface area contributed by atoms with Gasteiger partial charge in [0.2, 0.25) is 5.89 Å². The van der Waals surface area contributed by atoms with Gasteiger partial charge in [0.25, 0.3) is 0 Å². The minimum Gasteiger partial charge on any atom is -0.454 e. The van der Waals surface area contributed by atoms with Gasteiger partial charge in [-0.3, -0.25) is 0 Å². The molecule has 0 saturated carbocycles. The van der Waals surface area contributed by atoms with Crippen molar-refractivity contribution in [3.63, 3.8) is 0 Å². The van der Waals surface area contributed by atoms with Crippen LogP contribution in [-0.2, 0) is 10.8 Å². The first-order chi connectivity index (χ1) is 25.8. The minimum atomic E-state index is -0.177. The number of anilines is 3. The van der Waals surface area contributed by atoms with Crippen LogP contribution in [-0.4, -0.2) is 4.98 Å². The molecule has 0 bridgehead atoms. The molecule has 9 aromatic rings. The van der Waals surface area contributed by atoms with Crippen molar-refractivity contribution < 1.29 is 8.83 Å². The van der Waals surface area contributed by atoms with Crippen LogP contribution in [0, 0.1) is 0 Å². The maximum Gasteiger partial charge on any atom is 0.227 e. The second kappa shape index (κ2) is 10.6. The van der Waals surface area contributed by atoms with E-state index in [2.05, 4.69) is 136 Å². The third-order valence-electron chi connectivity index (χ3n) is 11.9. The second-order valence-corrected chi connectivity index (χ2v) is 15.6. The van der Waals surface area contributed by atoms with E-state index in [0.29, 0.717) is 11.5 Å². The molecule has 0 amide bonds. The average molecular weight is 685 g/mol. The summed E-state index contributed by atoms with van der Waals surface area (Å²) in [7, 11) is 0. The normalized spacial score (nSPS) is 14.7. The first kappa shape index (κ1) is 30.3. The topological polar surface area (TPSA) is 42.4 Å². The first-order valence-electron chi connectivity index (χ1n) is 18.4. The second-order valence-electron chi connectivity index (χ2n) is 15.6. The van der Waals surface area contributed by atoms with E-state index in [1.54, 1.807) is 0 Å². The summed E-state index contributed by atoms with van der Waals surface area (Å²) in [6, 6.07) is 52.0. The molecule has 2 aromatic heterocycles. The van der Waals surface area contributed by atoms with E-state index in [9.17, 15) is 0 Å². The fourth-order valence-electron chi connectivity index (χ4n) is 9.22. The summed E-state index contributed by atoms with van der Waals surface area (Å²) in [6.45, 7) is 9.33. The minimum absolute atomic E-state index is 0.110. The van der Waals surface area contributed by atoms with E-state index in [-0.39, 0.29) is 10.8 Å². The monoisotopic (exact) mass is 684 g/mol. The molecule has 2 aliphatic carbocycles. The van der Waals surface area contributed by atoms with E-state index in [1.807, 2.05) is 42.5 Å². The third kappa shape index (κ3) is 4.15. The molecule has 4 heteroatoms. The largest absolute Gasteiger partial charge is 0.454 e. The molecular weight excluding hydrogens is 649 g/mol. The van der Waals surface area contributed by atoms with Crippen molar-refractivity contribution in [1.82, 2.24) is 4.98 Å². The fraction of sp³-hybridized carbons (Fsp3) is 0.122. The summed E-state index contributed by atoms with van der Waals surface area (Å²) < 4.78 is 13.5. The molecule has 0 saturated heterocycles. The lowest BCUT2D eigenvalue weighted by atomic mass is 9.82. The van der Waals surface area contributed by atoms with Gasteiger partial charge in [-0.2, -0.15) is 0 Å². The smallest absolute Gasteiger partial charge is 0.227 e. The van der Waals surface area contributed by atoms with Crippen LogP contribution < -0.4 is 4.90 Å². The summed E-state index contributed by atoms with van der Waals surface area (Å²) in [4.78, 5) is 7.63. The highest BCUT2D eigenvalue weighted by atomic mass is 16.4. The Morgan fingerprint density at radius 1 is 0.472 bits per heavy atom. The molecule has 0 N–H and O–H groups in total. The lowest BCUT2D eigenvalue weighted by molar-refractivity contribution is 0.620. The quantitative estimate of drug-likeness (QED) is 0.185. The summed E-state index contributed by atoms with van der Waals surface area (Å²) in [5.41, 5.74) is 17.1. The van der Waals surface area contributed by atoms with Gasteiger partial charge in [-0.1, -0.05) is 125 Å². The molecule has 11 rings (SSSR count). The van der Waals surface area contributed by atoms with Gasteiger partial charge in [-0.25, -0.2) is 4.98 Å². The predicted octanol–water partition coefficient (Wildman–Crippen LogP) is 13.5. The van der Waals surface area contributed by atoms with E-state index in [4.69, 9.17) is 13.8 Å². The predicted molar refractivity (Wildman–Crippen MR) is 217 cm³/mol. The van der Waals surface area contributed by atoms with Gasteiger partial charge in [0.15, 0.2) is 11.2 Å². The van der Waals surface area contributed by atoms with Crippen molar-refractivity contribution in [2.24, 2.45) is 0 Å². The van der Waals surface area contributed by atoms with Crippen molar-refractivity contribution in [3.8, 4) is 33.7 Å². The summed E-state index contributed by atoms with van der Waals surface area (Å²) in [6.07, 6.45) is 0.